The van der Waals surface area contributed by atoms with Crippen molar-refractivity contribution in [1.29, 1.82) is 0 Å². The highest BCUT2D eigenvalue weighted by Crippen LogP contribution is 2.27. The van der Waals surface area contributed by atoms with Crippen LogP contribution in [0.5, 0.6) is 5.75 Å². The summed E-state index contributed by atoms with van der Waals surface area (Å²) in [5, 5.41) is 23.3. The Kier molecular flexibility index (Phi) is 5.02. The van der Waals surface area contributed by atoms with Crippen LogP contribution in [0.2, 0.25) is 0 Å². The molecule has 1 atom stereocenters. The first-order valence-corrected chi connectivity index (χ1v) is 10.8. The van der Waals surface area contributed by atoms with Crippen molar-refractivity contribution in [3.8, 4) is 5.75 Å². The lowest BCUT2D eigenvalue weighted by Gasteiger charge is -2.13. The molecule has 5 aromatic rings. The van der Waals surface area contributed by atoms with Crippen molar-refractivity contribution >= 4 is 39.1 Å². The van der Waals surface area contributed by atoms with E-state index in [0.29, 0.717) is 5.75 Å². The first kappa shape index (κ1) is 18.9. The number of benzene rings is 3. The summed E-state index contributed by atoms with van der Waals surface area (Å²) in [6, 6.07) is 24.3. The molecular weight excluding hydrogens is 394 g/mol. The largest absolute Gasteiger partial charge is 0.490 e. The number of aliphatic hydroxyl groups excluding tert-OH is 1. The Morgan fingerprint density at radius 3 is 2.63 bits per heavy atom. The normalized spacial score (nSPS) is 12.6. The summed E-state index contributed by atoms with van der Waals surface area (Å²) in [5.41, 5.74) is 3.06. The second kappa shape index (κ2) is 7.97. The molecule has 0 aliphatic rings. The minimum atomic E-state index is -0.627. The molecule has 1 unspecified atom stereocenters. The number of ether oxygens (including phenoxy) is 1. The van der Waals surface area contributed by atoms with Gasteiger partial charge in [-0.25, -0.2) is 0 Å². The summed E-state index contributed by atoms with van der Waals surface area (Å²) >= 11 is 1.48. The third kappa shape index (κ3) is 3.49. The van der Waals surface area contributed by atoms with Gasteiger partial charge in [0.2, 0.25) is 0 Å². The van der Waals surface area contributed by atoms with Crippen molar-refractivity contribution in [3.05, 3.63) is 78.4 Å². The van der Waals surface area contributed by atoms with E-state index < -0.39 is 6.10 Å². The summed E-state index contributed by atoms with van der Waals surface area (Å²) in [5.74, 6) is 1.25. The second-order valence-corrected chi connectivity index (χ2v) is 8.26. The smallest absolute Gasteiger partial charge is 0.196 e. The van der Waals surface area contributed by atoms with Crippen molar-refractivity contribution in [3.63, 3.8) is 0 Å². The number of hydrogen-bond donors (Lipinski definition) is 1. The van der Waals surface area contributed by atoms with E-state index in [1.54, 1.807) is 0 Å². The van der Waals surface area contributed by atoms with Crippen molar-refractivity contribution in [2.24, 2.45) is 0 Å². The quantitative estimate of drug-likeness (QED) is 0.401. The predicted octanol–water partition coefficient (Wildman–Crippen LogP) is 4.88. The van der Waals surface area contributed by atoms with Gasteiger partial charge in [-0.05, 0) is 36.1 Å². The van der Waals surface area contributed by atoms with Crippen LogP contribution in [0.3, 0.4) is 0 Å². The highest BCUT2D eigenvalue weighted by Gasteiger charge is 2.14. The molecule has 150 valence electrons. The van der Waals surface area contributed by atoms with Gasteiger partial charge in [-0.15, -0.1) is 10.2 Å². The summed E-state index contributed by atoms with van der Waals surface area (Å²) in [6.45, 7) is 2.30. The molecule has 0 aliphatic carbocycles. The fourth-order valence-electron chi connectivity index (χ4n) is 3.69. The molecule has 0 bridgehead atoms. The molecule has 5 rings (SSSR count). The minimum absolute atomic E-state index is 0.220. The zero-order valence-corrected chi connectivity index (χ0v) is 17.3. The van der Waals surface area contributed by atoms with Crippen molar-refractivity contribution < 1.29 is 9.84 Å². The summed E-state index contributed by atoms with van der Waals surface area (Å²) in [7, 11) is 0. The number of aromatic nitrogens is 3. The van der Waals surface area contributed by atoms with Gasteiger partial charge in [0.1, 0.15) is 12.4 Å². The van der Waals surface area contributed by atoms with E-state index in [4.69, 9.17) is 4.74 Å². The van der Waals surface area contributed by atoms with E-state index in [9.17, 15) is 5.11 Å². The van der Waals surface area contributed by atoms with Crippen LogP contribution in [0.4, 0.5) is 0 Å². The Morgan fingerprint density at radius 1 is 0.967 bits per heavy atom. The number of hydrogen-bond acceptors (Lipinski definition) is 5. The maximum absolute atomic E-state index is 10.5. The third-order valence-corrected chi connectivity index (χ3v) is 6.23. The first-order valence-electron chi connectivity index (χ1n) is 9.85. The van der Waals surface area contributed by atoms with Crippen molar-refractivity contribution in [1.82, 2.24) is 14.6 Å². The van der Waals surface area contributed by atoms with Gasteiger partial charge >= 0.3 is 0 Å². The summed E-state index contributed by atoms with van der Waals surface area (Å²) < 4.78 is 7.97. The van der Waals surface area contributed by atoms with Crippen LogP contribution in [0.25, 0.3) is 27.3 Å². The lowest BCUT2D eigenvalue weighted by atomic mass is 10.1. The molecular formula is C24H21N3O2S. The van der Waals surface area contributed by atoms with Crippen molar-refractivity contribution in [2.75, 3.05) is 12.4 Å². The average molecular weight is 416 g/mol. The number of pyridine rings is 1. The number of para-hydroxylation sites is 1. The lowest BCUT2D eigenvalue weighted by Crippen LogP contribution is -2.20. The highest BCUT2D eigenvalue weighted by atomic mass is 32.2. The molecule has 0 spiro atoms. The van der Waals surface area contributed by atoms with Crippen LogP contribution in [0, 0.1) is 6.92 Å². The molecule has 2 heterocycles. The van der Waals surface area contributed by atoms with E-state index in [0.717, 1.165) is 32.8 Å². The molecule has 6 heteroatoms. The summed E-state index contributed by atoms with van der Waals surface area (Å²) in [4.78, 5) is 0. The predicted molar refractivity (Wildman–Crippen MR) is 121 cm³/mol. The van der Waals surface area contributed by atoms with Crippen LogP contribution in [-0.2, 0) is 0 Å². The van der Waals surface area contributed by atoms with Gasteiger partial charge < -0.3 is 9.84 Å². The number of fused-ring (bicyclic) bond motifs is 4. The van der Waals surface area contributed by atoms with Gasteiger partial charge in [0.05, 0.1) is 11.6 Å². The van der Waals surface area contributed by atoms with E-state index >= 15 is 0 Å². The maximum atomic E-state index is 10.5. The van der Waals surface area contributed by atoms with Crippen LogP contribution in [0.1, 0.15) is 5.56 Å². The van der Waals surface area contributed by atoms with Gasteiger partial charge in [-0.1, -0.05) is 66.4 Å². The van der Waals surface area contributed by atoms with Crippen LogP contribution >= 0.6 is 11.8 Å². The third-order valence-electron chi connectivity index (χ3n) is 5.16. The highest BCUT2D eigenvalue weighted by molar-refractivity contribution is 7.99. The molecule has 30 heavy (non-hydrogen) atoms. The topological polar surface area (TPSA) is 59.7 Å². The molecule has 0 amide bonds. The lowest BCUT2D eigenvalue weighted by molar-refractivity contribution is 0.127. The second-order valence-electron chi connectivity index (χ2n) is 7.27. The Hall–Kier alpha value is -3.09. The molecule has 3 aromatic carbocycles. The Balaban J connectivity index is 1.31. The molecule has 2 aromatic heterocycles. The Labute approximate surface area is 178 Å². The van der Waals surface area contributed by atoms with Gasteiger partial charge in [0.25, 0.3) is 0 Å². The first-order chi connectivity index (χ1) is 14.7. The van der Waals surface area contributed by atoms with Crippen molar-refractivity contribution in [2.45, 2.75) is 18.2 Å². The number of thioether (sulfide) groups is 1. The number of rotatable bonds is 6. The van der Waals surface area contributed by atoms with E-state index in [1.807, 2.05) is 52.9 Å². The van der Waals surface area contributed by atoms with Gasteiger partial charge in [-0.3, -0.25) is 4.40 Å². The molecule has 0 radical (unpaired) electrons. The monoisotopic (exact) mass is 415 g/mol. The van der Waals surface area contributed by atoms with E-state index in [-0.39, 0.29) is 6.61 Å². The van der Waals surface area contributed by atoms with Crippen LogP contribution < -0.4 is 4.74 Å². The van der Waals surface area contributed by atoms with Gasteiger partial charge in [0.15, 0.2) is 10.8 Å². The zero-order valence-electron chi connectivity index (χ0n) is 16.5. The van der Waals surface area contributed by atoms with Gasteiger partial charge in [0, 0.05) is 16.5 Å². The van der Waals surface area contributed by atoms with Crippen LogP contribution in [-0.4, -0.2) is 38.2 Å². The molecule has 0 saturated carbocycles. The van der Waals surface area contributed by atoms with Gasteiger partial charge in [-0.2, -0.15) is 0 Å². The average Bonchev–Trinajstić information content (AvgIpc) is 3.19. The fourth-order valence-corrected chi connectivity index (χ4v) is 4.55. The van der Waals surface area contributed by atoms with E-state index in [2.05, 4.69) is 41.4 Å². The minimum Gasteiger partial charge on any atom is -0.490 e. The zero-order chi connectivity index (χ0) is 20.5. The summed E-state index contributed by atoms with van der Waals surface area (Å²) in [6.07, 6.45) is -0.627. The molecule has 0 aliphatic heterocycles. The number of aryl methyl sites for hydroxylation is 1. The van der Waals surface area contributed by atoms with E-state index in [1.165, 1.54) is 22.7 Å². The fraction of sp³-hybridized carbons (Fsp3) is 0.167. The SMILES string of the molecule is Cc1cc2nnc(SCC(O)COc3cccc4ccccc34)n2c2ccccc12. The standard InChI is InChI=1S/C24H21N3O2S/c1-16-13-23-25-26-24(27(23)21-11-5-4-9-19(16)21)30-15-18(28)14-29-22-12-6-8-17-7-2-3-10-20(17)22/h2-13,18,28H,14-15H2,1H3. The molecule has 0 saturated heterocycles. The Morgan fingerprint density at radius 2 is 1.73 bits per heavy atom. The van der Waals surface area contributed by atoms with Crippen LogP contribution in [0.15, 0.2) is 78.0 Å². The molecule has 1 N–H and O–H groups in total. The number of aliphatic hydroxyl groups is 1. The Bertz CT molecular complexity index is 1340. The molecule has 0 fully saturated rings. The maximum Gasteiger partial charge on any atom is 0.196 e. The number of nitrogens with zero attached hydrogens (tertiary/aromatic N) is 3. The molecule has 5 nitrogen and oxygen atoms in total.